The van der Waals surface area contributed by atoms with Crippen molar-refractivity contribution >= 4 is 11.4 Å². The number of nitrogens with one attached hydrogen (secondary N) is 2. The van der Waals surface area contributed by atoms with E-state index in [0.717, 1.165) is 6.54 Å². The Bertz CT molecular complexity index is 367. The molecule has 0 aromatic heterocycles. The highest BCUT2D eigenvalue weighted by Crippen LogP contribution is 2.38. The van der Waals surface area contributed by atoms with Gasteiger partial charge in [0.15, 0.2) is 0 Å². The monoisotopic (exact) mass is 216 g/mol. The Morgan fingerprint density at radius 3 is 2.44 bits per heavy atom. The first-order valence-corrected chi connectivity index (χ1v) is 6.49. The number of hydrogen-bond donors (Lipinski definition) is 2. The van der Waals surface area contributed by atoms with Crippen LogP contribution in [-0.2, 0) is 0 Å². The summed E-state index contributed by atoms with van der Waals surface area (Å²) in [5.74, 6) is 0. The topological polar surface area (TPSA) is 24.1 Å². The zero-order valence-corrected chi connectivity index (χ0v) is 9.76. The summed E-state index contributed by atoms with van der Waals surface area (Å²) >= 11 is 0. The van der Waals surface area contributed by atoms with Gasteiger partial charge in [-0.3, -0.25) is 0 Å². The van der Waals surface area contributed by atoms with E-state index >= 15 is 0 Å². The maximum absolute atomic E-state index is 3.81. The molecule has 1 fully saturated rings. The smallest absolute Gasteiger partial charge is 0.0580 e. The van der Waals surface area contributed by atoms with Crippen molar-refractivity contribution in [1.82, 2.24) is 0 Å². The zero-order valence-electron chi connectivity index (χ0n) is 9.76. The van der Waals surface area contributed by atoms with Crippen molar-refractivity contribution in [2.45, 2.75) is 44.1 Å². The molecule has 86 valence electrons. The van der Waals surface area contributed by atoms with Crippen LogP contribution in [0, 0.1) is 0 Å². The third-order valence-corrected chi connectivity index (χ3v) is 4.06. The highest BCUT2D eigenvalue weighted by molar-refractivity contribution is 5.70. The molecule has 0 unspecified atom stereocenters. The molecule has 2 nitrogen and oxygen atoms in total. The zero-order chi connectivity index (χ0) is 10.8. The maximum atomic E-state index is 3.81. The fourth-order valence-electron chi connectivity index (χ4n) is 3.13. The molecule has 1 heterocycles. The van der Waals surface area contributed by atoms with Gasteiger partial charge >= 0.3 is 0 Å². The summed E-state index contributed by atoms with van der Waals surface area (Å²) in [4.78, 5) is 0. The number of rotatable bonds is 0. The molecule has 3 rings (SSSR count). The third kappa shape index (κ3) is 1.77. The molecule has 0 bridgehead atoms. The minimum absolute atomic E-state index is 0.373. The van der Waals surface area contributed by atoms with Gasteiger partial charge in [-0.15, -0.1) is 0 Å². The summed E-state index contributed by atoms with van der Waals surface area (Å²) in [5.41, 5.74) is 2.93. The summed E-state index contributed by atoms with van der Waals surface area (Å²) < 4.78 is 0. The Morgan fingerprint density at radius 1 is 0.875 bits per heavy atom. The number of benzene rings is 1. The number of fused-ring (bicyclic) bond motifs is 1. The molecule has 2 heteroatoms. The molecule has 0 radical (unpaired) electrons. The van der Waals surface area contributed by atoms with E-state index in [-0.39, 0.29) is 0 Å². The first kappa shape index (κ1) is 10.0. The molecule has 1 spiro atoms. The normalized spacial score (nSPS) is 22.8. The fourth-order valence-corrected chi connectivity index (χ4v) is 3.13. The molecular weight excluding hydrogens is 196 g/mol. The molecule has 0 atom stereocenters. The lowest BCUT2D eigenvalue weighted by molar-refractivity contribution is 0.313. The summed E-state index contributed by atoms with van der Waals surface area (Å²) in [5, 5.41) is 7.35. The Hall–Kier alpha value is -1.18. The van der Waals surface area contributed by atoms with Crippen LogP contribution in [0.2, 0.25) is 0 Å². The van der Waals surface area contributed by atoms with Gasteiger partial charge in [-0.1, -0.05) is 31.4 Å². The van der Waals surface area contributed by atoms with Crippen molar-refractivity contribution in [3.05, 3.63) is 24.3 Å². The average molecular weight is 216 g/mol. The molecule has 0 saturated heterocycles. The minimum Gasteiger partial charge on any atom is -0.383 e. The fraction of sp³-hybridized carbons (Fsp3) is 0.571. The molecule has 0 amide bonds. The quantitative estimate of drug-likeness (QED) is 0.692. The van der Waals surface area contributed by atoms with E-state index in [0.29, 0.717) is 5.54 Å². The molecular formula is C14H20N2. The Labute approximate surface area is 97.4 Å². The largest absolute Gasteiger partial charge is 0.383 e. The molecule has 1 aromatic carbocycles. The summed E-state index contributed by atoms with van der Waals surface area (Å²) in [6, 6.07) is 8.59. The second-order valence-corrected chi connectivity index (χ2v) is 5.19. The van der Waals surface area contributed by atoms with Gasteiger partial charge in [0.25, 0.3) is 0 Å². The standard InChI is InChI=1S/C14H20N2/c1-4-8-14(9-5-1)10-11-15-12-6-2-3-7-13(12)16-14/h2-3,6-7,15-16H,1,4-5,8-11H2. The van der Waals surface area contributed by atoms with Crippen molar-refractivity contribution < 1.29 is 0 Å². The van der Waals surface area contributed by atoms with Gasteiger partial charge < -0.3 is 10.6 Å². The van der Waals surface area contributed by atoms with Crippen molar-refractivity contribution in [3.8, 4) is 0 Å². The molecule has 2 N–H and O–H groups in total. The Morgan fingerprint density at radius 2 is 1.62 bits per heavy atom. The van der Waals surface area contributed by atoms with Crippen LogP contribution in [0.1, 0.15) is 38.5 Å². The van der Waals surface area contributed by atoms with E-state index in [4.69, 9.17) is 0 Å². The lowest BCUT2D eigenvalue weighted by Gasteiger charge is -2.38. The second-order valence-electron chi connectivity index (χ2n) is 5.19. The van der Waals surface area contributed by atoms with Gasteiger partial charge in [0, 0.05) is 12.1 Å². The number of anilines is 2. The predicted molar refractivity (Wildman–Crippen MR) is 69.0 cm³/mol. The summed E-state index contributed by atoms with van der Waals surface area (Å²) in [7, 11) is 0. The van der Waals surface area contributed by atoms with Gasteiger partial charge in [0.1, 0.15) is 0 Å². The summed E-state index contributed by atoms with van der Waals surface area (Å²) in [6.07, 6.45) is 8.11. The van der Waals surface area contributed by atoms with Gasteiger partial charge in [-0.2, -0.15) is 0 Å². The maximum Gasteiger partial charge on any atom is 0.0580 e. The van der Waals surface area contributed by atoms with Gasteiger partial charge in [-0.25, -0.2) is 0 Å². The highest BCUT2D eigenvalue weighted by atomic mass is 15.1. The van der Waals surface area contributed by atoms with Crippen LogP contribution in [0.25, 0.3) is 0 Å². The van der Waals surface area contributed by atoms with E-state index in [1.54, 1.807) is 0 Å². The van der Waals surface area contributed by atoms with Crippen molar-refractivity contribution in [2.75, 3.05) is 17.2 Å². The predicted octanol–water partition coefficient (Wildman–Crippen LogP) is 3.62. The van der Waals surface area contributed by atoms with Crippen LogP contribution in [-0.4, -0.2) is 12.1 Å². The van der Waals surface area contributed by atoms with Crippen molar-refractivity contribution in [3.63, 3.8) is 0 Å². The molecule has 1 aliphatic heterocycles. The van der Waals surface area contributed by atoms with Gasteiger partial charge in [0.2, 0.25) is 0 Å². The van der Waals surface area contributed by atoms with Crippen LogP contribution in [0.3, 0.4) is 0 Å². The molecule has 1 aromatic rings. The van der Waals surface area contributed by atoms with Gasteiger partial charge in [0.05, 0.1) is 11.4 Å². The Kier molecular flexibility index (Phi) is 2.50. The number of hydrogen-bond acceptors (Lipinski definition) is 2. The molecule has 16 heavy (non-hydrogen) atoms. The lowest BCUT2D eigenvalue weighted by Crippen LogP contribution is -2.40. The van der Waals surface area contributed by atoms with Crippen LogP contribution < -0.4 is 10.6 Å². The minimum atomic E-state index is 0.373. The first-order valence-electron chi connectivity index (χ1n) is 6.49. The van der Waals surface area contributed by atoms with E-state index in [9.17, 15) is 0 Å². The lowest BCUT2D eigenvalue weighted by atomic mass is 9.79. The molecule has 1 saturated carbocycles. The van der Waals surface area contributed by atoms with E-state index in [2.05, 4.69) is 34.9 Å². The van der Waals surface area contributed by atoms with Crippen LogP contribution in [0.5, 0.6) is 0 Å². The highest BCUT2D eigenvalue weighted by Gasteiger charge is 2.33. The first-order chi connectivity index (χ1) is 7.88. The van der Waals surface area contributed by atoms with Gasteiger partial charge in [-0.05, 0) is 31.4 Å². The molecule has 2 aliphatic rings. The van der Waals surface area contributed by atoms with E-state index in [1.165, 1.54) is 49.9 Å². The van der Waals surface area contributed by atoms with Crippen LogP contribution >= 0.6 is 0 Å². The van der Waals surface area contributed by atoms with Crippen molar-refractivity contribution in [1.29, 1.82) is 0 Å². The Balaban J connectivity index is 1.89. The van der Waals surface area contributed by atoms with E-state index in [1.807, 2.05) is 0 Å². The third-order valence-electron chi connectivity index (χ3n) is 4.06. The van der Waals surface area contributed by atoms with Crippen LogP contribution in [0.15, 0.2) is 24.3 Å². The SMILES string of the molecule is c1ccc2c(c1)NCCC1(CCCCC1)N2. The second kappa shape index (κ2) is 4.00. The van der Waals surface area contributed by atoms with E-state index < -0.39 is 0 Å². The number of para-hydroxylation sites is 2. The molecule has 1 aliphatic carbocycles. The van der Waals surface area contributed by atoms with Crippen molar-refractivity contribution in [2.24, 2.45) is 0 Å². The summed E-state index contributed by atoms with van der Waals surface area (Å²) in [6.45, 7) is 1.10. The average Bonchev–Trinajstić information content (AvgIpc) is 2.49. The van der Waals surface area contributed by atoms with Crippen LogP contribution in [0.4, 0.5) is 11.4 Å².